The SMILES string of the molecule is CC(C)(C)NC(=O)CNC1CCCc2ccc(F)cc21. The Bertz CT molecular complexity index is 494. The number of amides is 1. The number of aryl methyl sites for hydroxylation is 1. The number of carbonyl (C=O) groups excluding carboxylic acids is 1. The van der Waals surface area contributed by atoms with E-state index in [2.05, 4.69) is 10.6 Å². The summed E-state index contributed by atoms with van der Waals surface area (Å²) >= 11 is 0. The van der Waals surface area contributed by atoms with Gasteiger partial charge in [-0.15, -0.1) is 0 Å². The second-order valence-electron chi connectivity index (χ2n) is 6.47. The van der Waals surface area contributed by atoms with Crippen LogP contribution in [0.15, 0.2) is 18.2 Å². The van der Waals surface area contributed by atoms with Crippen LogP contribution in [0.4, 0.5) is 4.39 Å². The van der Waals surface area contributed by atoms with Crippen molar-refractivity contribution in [2.45, 2.75) is 51.6 Å². The molecule has 0 bridgehead atoms. The van der Waals surface area contributed by atoms with Crippen LogP contribution < -0.4 is 10.6 Å². The summed E-state index contributed by atoms with van der Waals surface area (Å²) in [6.07, 6.45) is 3.00. The average Bonchev–Trinajstić information content (AvgIpc) is 2.34. The lowest BCUT2D eigenvalue weighted by molar-refractivity contribution is -0.121. The first kappa shape index (κ1) is 15.0. The number of hydrogen-bond acceptors (Lipinski definition) is 2. The predicted molar refractivity (Wildman–Crippen MR) is 78.0 cm³/mol. The Morgan fingerprint density at radius 1 is 1.40 bits per heavy atom. The third-order valence-corrected chi connectivity index (χ3v) is 3.45. The first-order valence-electron chi connectivity index (χ1n) is 7.18. The molecule has 0 fully saturated rings. The van der Waals surface area contributed by atoms with Crippen LogP contribution in [-0.2, 0) is 11.2 Å². The molecule has 1 aromatic rings. The van der Waals surface area contributed by atoms with Crippen LogP contribution in [0.1, 0.15) is 50.8 Å². The number of hydrogen-bond donors (Lipinski definition) is 2. The van der Waals surface area contributed by atoms with Crippen LogP contribution >= 0.6 is 0 Å². The molecule has 1 unspecified atom stereocenters. The van der Waals surface area contributed by atoms with Gasteiger partial charge in [-0.2, -0.15) is 0 Å². The summed E-state index contributed by atoms with van der Waals surface area (Å²) in [6.45, 7) is 6.13. The van der Waals surface area contributed by atoms with E-state index in [4.69, 9.17) is 0 Å². The maximum absolute atomic E-state index is 13.4. The fourth-order valence-corrected chi connectivity index (χ4v) is 2.66. The first-order chi connectivity index (χ1) is 9.35. The van der Waals surface area contributed by atoms with E-state index in [0.29, 0.717) is 0 Å². The maximum Gasteiger partial charge on any atom is 0.234 e. The molecule has 4 heteroatoms. The highest BCUT2D eigenvalue weighted by atomic mass is 19.1. The largest absolute Gasteiger partial charge is 0.350 e. The van der Waals surface area contributed by atoms with Gasteiger partial charge in [0.25, 0.3) is 0 Å². The summed E-state index contributed by atoms with van der Waals surface area (Å²) in [6, 6.07) is 5.02. The fourth-order valence-electron chi connectivity index (χ4n) is 2.66. The molecule has 3 nitrogen and oxygen atoms in total. The zero-order chi connectivity index (χ0) is 14.8. The molecule has 0 aromatic heterocycles. The third-order valence-electron chi connectivity index (χ3n) is 3.45. The van der Waals surface area contributed by atoms with Crippen molar-refractivity contribution in [1.29, 1.82) is 0 Å². The Labute approximate surface area is 120 Å². The molecule has 1 aliphatic carbocycles. The fraction of sp³-hybridized carbons (Fsp3) is 0.562. The van der Waals surface area contributed by atoms with E-state index in [9.17, 15) is 9.18 Å². The molecule has 0 saturated heterocycles. The van der Waals surface area contributed by atoms with Gasteiger partial charge in [0, 0.05) is 11.6 Å². The Morgan fingerprint density at radius 2 is 2.15 bits per heavy atom. The molecule has 1 amide bonds. The monoisotopic (exact) mass is 278 g/mol. The number of rotatable bonds is 3. The maximum atomic E-state index is 13.4. The molecule has 2 rings (SSSR count). The molecule has 1 aliphatic rings. The van der Waals surface area contributed by atoms with Gasteiger partial charge in [-0.25, -0.2) is 4.39 Å². The topological polar surface area (TPSA) is 41.1 Å². The summed E-state index contributed by atoms with van der Waals surface area (Å²) in [5, 5.41) is 6.17. The van der Waals surface area contributed by atoms with Gasteiger partial charge in [-0.1, -0.05) is 6.07 Å². The smallest absolute Gasteiger partial charge is 0.234 e. The number of carbonyl (C=O) groups is 1. The van der Waals surface area contributed by atoms with Gasteiger partial charge < -0.3 is 10.6 Å². The molecule has 1 aromatic carbocycles. The molecular formula is C16H23FN2O. The zero-order valence-electron chi connectivity index (χ0n) is 12.4. The second kappa shape index (κ2) is 5.92. The summed E-state index contributed by atoms with van der Waals surface area (Å²) in [5.41, 5.74) is 1.96. The van der Waals surface area contributed by atoms with E-state index in [1.54, 1.807) is 6.07 Å². The molecule has 2 N–H and O–H groups in total. The molecular weight excluding hydrogens is 255 g/mol. The van der Waals surface area contributed by atoms with Crippen LogP contribution in [0.3, 0.4) is 0 Å². The summed E-state index contributed by atoms with van der Waals surface area (Å²) in [5.74, 6) is -0.238. The van der Waals surface area contributed by atoms with Gasteiger partial charge >= 0.3 is 0 Å². The summed E-state index contributed by atoms with van der Waals surface area (Å²) in [4.78, 5) is 11.8. The van der Waals surface area contributed by atoms with Gasteiger partial charge in [0.05, 0.1) is 6.54 Å². The van der Waals surface area contributed by atoms with Gasteiger partial charge in [0.1, 0.15) is 5.82 Å². The highest BCUT2D eigenvalue weighted by Crippen LogP contribution is 2.30. The minimum absolute atomic E-state index is 0.0268. The van der Waals surface area contributed by atoms with E-state index in [1.165, 1.54) is 11.6 Å². The molecule has 1 atom stereocenters. The van der Waals surface area contributed by atoms with E-state index < -0.39 is 0 Å². The molecule has 110 valence electrons. The van der Waals surface area contributed by atoms with E-state index in [1.807, 2.05) is 26.8 Å². The van der Waals surface area contributed by atoms with Crippen molar-refractivity contribution in [3.05, 3.63) is 35.1 Å². The minimum atomic E-state index is -0.227. The molecule has 0 saturated carbocycles. The zero-order valence-corrected chi connectivity index (χ0v) is 12.4. The lowest BCUT2D eigenvalue weighted by Gasteiger charge is -2.27. The highest BCUT2D eigenvalue weighted by molar-refractivity contribution is 5.78. The normalized spacial score (nSPS) is 18.5. The Hall–Kier alpha value is -1.42. The van der Waals surface area contributed by atoms with Gasteiger partial charge in [-0.3, -0.25) is 4.79 Å². The molecule has 0 heterocycles. The molecule has 20 heavy (non-hydrogen) atoms. The standard InChI is InChI=1S/C16H23FN2O/c1-16(2,3)19-15(20)10-18-14-6-4-5-11-7-8-12(17)9-13(11)14/h7-9,14,18H,4-6,10H2,1-3H3,(H,19,20). The molecule has 0 radical (unpaired) electrons. The molecule has 0 spiro atoms. The van der Waals surface area contributed by atoms with Crippen molar-refractivity contribution in [1.82, 2.24) is 10.6 Å². The van der Waals surface area contributed by atoms with E-state index in [0.717, 1.165) is 24.8 Å². The average molecular weight is 278 g/mol. The number of halogens is 1. The van der Waals surface area contributed by atoms with Crippen LogP contribution in [0.5, 0.6) is 0 Å². The van der Waals surface area contributed by atoms with Crippen molar-refractivity contribution >= 4 is 5.91 Å². The van der Waals surface area contributed by atoms with E-state index >= 15 is 0 Å². The lowest BCUT2D eigenvalue weighted by Crippen LogP contribution is -2.45. The quantitative estimate of drug-likeness (QED) is 0.892. The van der Waals surface area contributed by atoms with Gasteiger partial charge in [0.2, 0.25) is 5.91 Å². The minimum Gasteiger partial charge on any atom is -0.350 e. The van der Waals surface area contributed by atoms with Crippen LogP contribution in [0.2, 0.25) is 0 Å². The van der Waals surface area contributed by atoms with Crippen LogP contribution in [0.25, 0.3) is 0 Å². The lowest BCUT2D eigenvalue weighted by atomic mass is 9.87. The van der Waals surface area contributed by atoms with E-state index in [-0.39, 0.29) is 29.8 Å². The predicted octanol–water partition coefficient (Wildman–Crippen LogP) is 2.71. The Balaban J connectivity index is 1.98. The Morgan fingerprint density at radius 3 is 2.85 bits per heavy atom. The van der Waals surface area contributed by atoms with Crippen molar-refractivity contribution in [2.24, 2.45) is 0 Å². The van der Waals surface area contributed by atoms with Crippen molar-refractivity contribution < 1.29 is 9.18 Å². The van der Waals surface area contributed by atoms with Crippen LogP contribution in [-0.4, -0.2) is 18.0 Å². The van der Waals surface area contributed by atoms with Crippen molar-refractivity contribution in [3.8, 4) is 0 Å². The Kier molecular flexibility index (Phi) is 4.43. The summed E-state index contributed by atoms with van der Waals surface area (Å²) in [7, 11) is 0. The van der Waals surface area contributed by atoms with Crippen LogP contribution in [0, 0.1) is 5.82 Å². The molecule has 0 aliphatic heterocycles. The number of fused-ring (bicyclic) bond motifs is 1. The van der Waals surface area contributed by atoms with Gasteiger partial charge in [-0.05, 0) is 63.3 Å². The van der Waals surface area contributed by atoms with Crippen molar-refractivity contribution in [2.75, 3.05) is 6.54 Å². The first-order valence-corrected chi connectivity index (χ1v) is 7.18. The van der Waals surface area contributed by atoms with Gasteiger partial charge in [0.15, 0.2) is 0 Å². The number of benzene rings is 1. The van der Waals surface area contributed by atoms with Crippen molar-refractivity contribution in [3.63, 3.8) is 0 Å². The number of nitrogens with one attached hydrogen (secondary N) is 2. The highest BCUT2D eigenvalue weighted by Gasteiger charge is 2.21. The summed E-state index contributed by atoms with van der Waals surface area (Å²) < 4.78 is 13.4. The second-order valence-corrected chi connectivity index (χ2v) is 6.47. The third kappa shape index (κ3) is 4.04.